The lowest BCUT2D eigenvalue weighted by atomic mass is 10.1. The summed E-state index contributed by atoms with van der Waals surface area (Å²) >= 11 is 6.24. The number of aliphatic hydroxyl groups is 3. The quantitative estimate of drug-likeness (QED) is 0.210. The van der Waals surface area contributed by atoms with Gasteiger partial charge in [-0.15, -0.1) is 0 Å². The molecule has 0 aliphatic heterocycles. The highest BCUT2D eigenvalue weighted by Gasteiger charge is 2.45. The molecule has 1 aliphatic rings. The third-order valence-electron chi connectivity index (χ3n) is 6.90. The fourth-order valence-corrected chi connectivity index (χ4v) is 5.20. The van der Waals surface area contributed by atoms with Crippen LogP contribution in [0.15, 0.2) is 47.7 Å². The Morgan fingerprint density at radius 1 is 1.16 bits per heavy atom. The zero-order chi connectivity index (χ0) is 26.3. The van der Waals surface area contributed by atoms with Crippen molar-refractivity contribution in [2.45, 2.75) is 56.6 Å². The van der Waals surface area contributed by atoms with Gasteiger partial charge in [0.25, 0.3) is 0 Å². The summed E-state index contributed by atoms with van der Waals surface area (Å²) in [6.07, 6.45) is 0.845. The second kappa shape index (κ2) is 10.1. The zero-order valence-electron chi connectivity index (χ0n) is 20.0. The van der Waals surface area contributed by atoms with Crippen molar-refractivity contribution in [1.82, 2.24) is 28.7 Å². The summed E-state index contributed by atoms with van der Waals surface area (Å²) in [5, 5.41) is 45.2. The van der Waals surface area contributed by atoms with Crippen LogP contribution in [0.2, 0.25) is 5.28 Å². The van der Waals surface area contributed by atoms with Crippen molar-refractivity contribution in [2.75, 3.05) is 11.9 Å². The summed E-state index contributed by atoms with van der Waals surface area (Å²) in [5.41, 5.74) is 1.25. The zero-order valence-corrected chi connectivity index (χ0v) is 20.8. The number of rotatable bonds is 8. The number of aliphatic hydroxyl groups excluding tert-OH is 3. The molecule has 1 aromatic carbocycles. The highest BCUT2D eigenvalue weighted by atomic mass is 35.5. The van der Waals surface area contributed by atoms with E-state index in [1.165, 1.54) is 17.1 Å². The molecular weight excluding hydrogens is 502 g/mol. The number of halogens is 1. The van der Waals surface area contributed by atoms with Gasteiger partial charge in [0.2, 0.25) is 11.2 Å². The molecule has 0 saturated heterocycles. The van der Waals surface area contributed by atoms with Gasteiger partial charge in [0.05, 0.1) is 37.3 Å². The van der Waals surface area contributed by atoms with Gasteiger partial charge in [0.1, 0.15) is 12.2 Å². The van der Waals surface area contributed by atoms with Crippen LogP contribution in [0, 0.1) is 0 Å². The summed E-state index contributed by atoms with van der Waals surface area (Å²) in [4.78, 5) is 25.7. The first-order chi connectivity index (χ1) is 17.8. The second-order valence-corrected chi connectivity index (χ2v) is 9.49. The van der Waals surface area contributed by atoms with Gasteiger partial charge in [-0.2, -0.15) is 9.97 Å². The summed E-state index contributed by atoms with van der Waals surface area (Å²) in [6, 6.07) is 7.74. The summed E-state index contributed by atoms with van der Waals surface area (Å²) in [7, 11) is 0. The Labute approximate surface area is 216 Å². The molecule has 0 radical (unpaired) electrons. The first-order valence-corrected chi connectivity index (χ1v) is 12.4. The molecule has 3 aromatic heterocycles. The van der Waals surface area contributed by atoms with Crippen molar-refractivity contribution < 1.29 is 20.4 Å². The number of fused-ring (bicyclic) bond motifs is 1. The monoisotopic (exact) mass is 529 g/mol. The van der Waals surface area contributed by atoms with Crippen LogP contribution >= 0.6 is 11.6 Å². The Morgan fingerprint density at radius 2 is 1.89 bits per heavy atom. The normalized spacial score (nSPS) is 22.5. The van der Waals surface area contributed by atoms with E-state index >= 15 is 0 Å². The van der Waals surface area contributed by atoms with Gasteiger partial charge >= 0.3 is 5.69 Å². The number of aromatic nitrogens is 6. The molecule has 0 amide bonds. The Bertz CT molecular complexity index is 1450. The Morgan fingerprint density at radius 3 is 2.57 bits per heavy atom. The van der Waals surface area contributed by atoms with E-state index in [1.807, 2.05) is 30.3 Å². The molecule has 196 valence electrons. The first-order valence-electron chi connectivity index (χ1n) is 12.0. The fourth-order valence-electron chi connectivity index (χ4n) is 5.04. The van der Waals surface area contributed by atoms with Crippen molar-refractivity contribution in [3.05, 3.63) is 64.2 Å². The summed E-state index contributed by atoms with van der Waals surface area (Å²) < 4.78 is 4.01. The molecule has 5 N–H and O–H groups in total. The molecule has 0 bridgehead atoms. The Hall–Kier alpha value is -3.45. The smallest absolute Gasteiger partial charge is 0.331 e. The molecule has 1 fully saturated rings. The summed E-state index contributed by atoms with van der Waals surface area (Å²) in [6.45, 7) is 1.95. The molecule has 0 unspecified atom stereocenters. The molecule has 0 spiro atoms. The first kappa shape index (κ1) is 25.2. The molecule has 1 saturated carbocycles. The van der Waals surface area contributed by atoms with Crippen molar-refractivity contribution in [1.29, 1.82) is 0 Å². The number of nitrogens with zero attached hydrogens (tertiary/aromatic N) is 6. The van der Waals surface area contributed by atoms with Gasteiger partial charge in [-0.05, 0) is 36.9 Å². The van der Waals surface area contributed by atoms with Crippen LogP contribution in [0.25, 0.3) is 11.2 Å². The average Bonchev–Trinajstić information content (AvgIpc) is 3.52. The number of nitrogens with one attached hydrogen (secondary N) is 1. The number of benzene rings is 1. The van der Waals surface area contributed by atoms with E-state index in [1.54, 1.807) is 11.5 Å². The highest BCUT2D eigenvalue weighted by molar-refractivity contribution is 6.28. The number of aromatic hydroxyl groups is 1. The van der Waals surface area contributed by atoms with E-state index in [2.05, 4.69) is 20.3 Å². The molecule has 4 aromatic rings. The summed E-state index contributed by atoms with van der Waals surface area (Å²) in [5.74, 6) is 0.0340. The maximum absolute atomic E-state index is 12.7. The van der Waals surface area contributed by atoms with Crippen LogP contribution in [-0.4, -0.2) is 73.9 Å². The van der Waals surface area contributed by atoms with Crippen molar-refractivity contribution in [2.24, 2.45) is 0 Å². The Balaban J connectivity index is 1.46. The lowest BCUT2D eigenvalue weighted by Crippen LogP contribution is -2.34. The lowest BCUT2D eigenvalue weighted by molar-refractivity contribution is 0.00754. The molecular formula is C24H28ClN7O5. The van der Waals surface area contributed by atoms with Crippen LogP contribution in [0.5, 0.6) is 5.88 Å². The highest BCUT2D eigenvalue weighted by Crippen LogP contribution is 2.41. The minimum atomic E-state index is -1.32. The maximum atomic E-state index is 12.7. The topological polar surface area (TPSA) is 163 Å². The molecule has 5 rings (SSSR count). The van der Waals surface area contributed by atoms with Crippen LogP contribution in [-0.2, 0) is 13.0 Å². The second-order valence-electron chi connectivity index (χ2n) is 9.16. The van der Waals surface area contributed by atoms with Crippen LogP contribution in [0.4, 0.5) is 5.82 Å². The number of imidazole rings is 2. The van der Waals surface area contributed by atoms with Gasteiger partial charge in [-0.25, -0.2) is 9.78 Å². The number of aryl methyl sites for hydroxylation is 1. The molecule has 37 heavy (non-hydrogen) atoms. The van der Waals surface area contributed by atoms with E-state index in [-0.39, 0.29) is 30.2 Å². The minimum Gasteiger partial charge on any atom is -0.493 e. The van der Waals surface area contributed by atoms with Gasteiger partial charge in [-0.3, -0.25) is 9.13 Å². The van der Waals surface area contributed by atoms with Crippen molar-refractivity contribution in [3.8, 4) is 5.88 Å². The fraction of sp³-hybridized carbons (Fsp3) is 0.417. The van der Waals surface area contributed by atoms with E-state index in [4.69, 9.17) is 11.6 Å². The average molecular weight is 530 g/mol. The predicted octanol–water partition coefficient (Wildman–Crippen LogP) is 1.09. The molecule has 12 nitrogen and oxygen atoms in total. The van der Waals surface area contributed by atoms with E-state index in [0.717, 1.165) is 10.1 Å². The molecule has 13 heteroatoms. The minimum absolute atomic E-state index is 0.0633. The Kier molecular flexibility index (Phi) is 6.90. The van der Waals surface area contributed by atoms with E-state index in [0.29, 0.717) is 29.9 Å². The number of hydrogen-bond donors (Lipinski definition) is 5. The third kappa shape index (κ3) is 4.57. The third-order valence-corrected chi connectivity index (χ3v) is 7.07. The SMILES string of the molecule is CCn1cc(O)n([C@H]2C[C@@H](n3cnc4c(N[C@H](CO)Cc5ccccc5)nc(Cl)nc43)[C@H](O)[C@@H]2O)c1=O. The maximum Gasteiger partial charge on any atom is 0.331 e. The van der Waals surface area contributed by atoms with Crippen LogP contribution in [0.1, 0.15) is 31.0 Å². The van der Waals surface area contributed by atoms with Crippen LogP contribution < -0.4 is 11.0 Å². The predicted molar refractivity (Wildman–Crippen MR) is 136 cm³/mol. The van der Waals surface area contributed by atoms with Crippen molar-refractivity contribution >= 4 is 28.6 Å². The molecule has 5 atom stereocenters. The van der Waals surface area contributed by atoms with Gasteiger partial charge in [0, 0.05) is 6.54 Å². The van der Waals surface area contributed by atoms with E-state index in [9.17, 15) is 25.2 Å². The van der Waals surface area contributed by atoms with Gasteiger partial charge in [-0.1, -0.05) is 30.3 Å². The molecule has 1 aliphatic carbocycles. The van der Waals surface area contributed by atoms with Gasteiger partial charge < -0.3 is 30.3 Å². The standard InChI is InChI=1S/C24H28ClN7O5/c1-2-30-10-17(34)32(24(30)37)16-9-15(19(35)20(16)36)31-12-26-18-21(28-23(25)29-22(18)31)27-14(11-33)8-13-6-4-3-5-7-13/h3-7,10,12,14-16,19-20,33-36H,2,8-9,11H2,1H3,(H,27,28,29)/t14-,15+,16-,19-,20+/m0/s1. The van der Waals surface area contributed by atoms with Gasteiger partial charge in [0.15, 0.2) is 17.0 Å². The van der Waals surface area contributed by atoms with E-state index < -0.39 is 30.0 Å². The number of anilines is 1. The number of hydrogen-bond acceptors (Lipinski definition) is 9. The van der Waals surface area contributed by atoms with Crippen LogP contribution in [0.3, 0.4) is 0 Å². The largest absolute Gasteiger partial charge is 0.493 e. The molecule has 3 heterocycles. The lowest BCUT2D eigenvalue weighted by Gasteiger charge is -2.19. The van der Waals surface area contributed by atoms with Crippen molar-refractivity contribution in [3.63, 3.8) is 0 Å².